The minimum absolute atomic E-state index is 0.0834. The van der Waals surface area contributed by atoms with E-state index in [0.717, 1.165) is 4.88 Å². The first-order chi connectivity index (χ1) is 12.3. The molecule has 0 aliphatic carbocycles. The topological polar surface area (TPSA) is 92.6 Å². The fraction of sp³-hybridized carbons (Fsp3) is 0.294. The highest BCUT2D eigenvalue weighted by Gasteiger charge is 2.21. The van der Waals surface area contributed by atoms with Gasteiger partial charge in [-0.1, -0.05) is 17.7 Å². The lowest BCUT2D eigenvalue weighted by Crippen LogP contribution is -2.33. The van der Waals surface area contributed by atoms with Gasteiger partial charge in [-0.25, -0.2) is 0 Å². The summed E-state index contributed by atoms with van der Waals surface area (Å²) in [6.07, 6.45) is 0.0864. The lowest BCUT2D eigenvalue weighted by atomic mass is 10.1. The molecule has 1 aromatic heterocycles. The summed E-state index contributed by atoms with van der Waals surface area (Å²) in [5.41, 5.74) is 0.406. The van der Waals surface area contributed by atoms with E-state index < -0.39 is 11.0 Å². The van der Waals surface area contributed by atoms with E-state index in [-0.39, 0.29) is 30.5 Å². The van der Waals surface area contributed by atoms with Crippen molar-refractivity contribution < 1.29 is 14.5 Å². The highest BCUT2D eigenvalue weighted by molar-refractivity contribution is 7.10. The Labute approximate surface area is 159 Å². The Morgan fingerprint density at radius 1 is 1.38 bits per heavy atom. The molecule has 0 radical (unpaired) electrons. The maximum Gasteiger partial charge on any atom is 0.269 e. The number of non-ortho nitro benzene ring substituents is 1. The Kier molecular flexibility index (Phi) is 6.70. The number of amides is 2. The quantitative estimate of drug-likeness (QED) is 0.573. The first kappa shape index (κ1) is 19.9. The molecule has 1 heterocycles. The van der Waals surface area contributed by atoms with Crippen LogP contribution >= 0.6 is 22.9 Å². The second kappa shape index (κ2) is 8.77. The average Bonchev–Trinajstić information content (AvgIpc) is 3.09. The van der Waals surface area contributed by atoms with Crippen molar-refractivity contribution in [2.75, 3.05) is 7.05 Å². The molecule has 138 valence electrons. The number of carbonyl (C=O) groups excluding carboxylic acids is 2. The summed E-state index contributed by atoms with van der Waals surface area (Å²) < 4.78 is 0. The summed E-state index contributed by atoms with van der Waals surface area (Å²) in [5.74, 6) is -0.430. The lowest BCUT2D eigenvalue weighted by Gasteiger charge is -2.22. The van der Waals surface area contributed by atoms with E-state index in [0.29, 0.717) is 10.6 Å². The number of halogens is 1. The number of rotatable bonds is 7. The number of hydrogen-bond donors (Lipinski definition) is 1. The number of thiophene rings is 1. The van der Waals surface area contributed by atoms with Crippen LogP contribution < -0.4 is 5.32 Å². The van der Waals surface area contributed by atoms with Crippen LogP contribution in [0.15, 0.2) is 35.7 Å². The van der Waals surface area contributed by atoms with Crippen LogP contribution in [0.2, 0.25) is 5.02 Å². The average molecular weight is 396 g/mol. The van der Waals surface area contributed by atoms with Crippen LogP contribution in [-0.4, -0.2) is 28.7 Å². The third-order valence-electron chi connectivity index (χ3n) is 3.72. The Morgan fingerprint density at radius 3 is 2.69 bits per heavy atom. The first-order valence-corrected chi connectivity index (χ1v) is 9.01. The third kappa shape index (κ3) is 5.27. The van der Waals surface area contributed by atoms with Gasteiger partial charge in [0.1, 0.15) is 0 Å². The smallest absolute Gasteiger partial charge is 0.269 e. The maximum absolute atomic E-state index is 12.6. The van der Waals surface area contributed by atoms with Crippen molar-refractivity contribution in [3.8, 4) is 0 Å². The highest BCUT2D eigenvalue weighted by Crippen LogP contribution is 2.25. The number of carbonyl (C=O) groups is 2. The molecule has 1 atom stereocenters. The molecular weight excluding hydrogens is 378 g/mol. The van der Waals surface area contributed by atoms with E-state index in [1.165, 1.54) is 41.4 Å². The number of nitro groups is 1. The molecule has 0 saturated heterocycles. The number of benzene rings is 1. The van der Waals surface area contributed by atoms with E-state index in [1.807, 2.05) is 17.5 Å². The molecule has 9 heteroatoms. The van der Waals surface area contributed by atoms with Crippen molar-refractivity contribution in [1.82, 2.24) is 10.2 Å². The Bertz CT molecular complexity index is 810. The highest BCUT2D eigenvalue weighted by atomic mass is 35.5. The van der Waals surface area contributed by atoms with Gasteiger partial charge in [0, 0.05) is 42.5 Å². The van der Waals surface area contributed by atoms with E-state index in [9.17, 15) is 19.7 Å². The van der Waals surface area contributed by atoms with Crippen LogP contribution in [0.1, 0.15) is 29.8 Å². The van der Waals surface area contributed by atoms with Crippen molar-refractivity contribution in [1.29, 1.82) is 0 Å². The molecule has 0 aliphatic rings. The van der Waals surface area contributed by atoms with Crippen molar-refractivity contribution in [2.24, 2.45) is 0 Å². The number of nitrogens with one attached hydrogen (secondary N) is 1. The van der Waals surface area contributed by atoms with Crippen molar-refractivity contribution in [2.45, 2.75) is 25.9 Å². The van der Waals surface area contributed by atoms with Crippen LogP contribution in [0.25, 0.3) is 0 Å². The van der Waals surface area contributed by atoms with Gasteiger partial charge in [-0.3, -0.25) is 19.7 Å². The molecule has 1 N–H and O–H groups in total. The Morgan fingerprint density at radius 2 is 2.12 bits per heavy atom. The molecule has 1 unspecified atom stereocenters. The second-order valence-electron chi connectivity index (χ2n) is 5.76. The van der Waals surface area contributed by atoms with Crippen LogP contribution in [-0.2, 0) is 16.1 Å². The predicted molar refractivity (Wildman–Crippen MR) is 100 cm³/mol. The largest absolute Gasteiger partial charge is 0.348 e. The Hall–Kier alpha value is -2.45. The fourth-order valence-corrected chi connectivity index (χ4v) is 3.38. The molecule has 0 aliphatic heterocycles. The second-order valence-corrected chi connectivity index (χ2v) is 7.14. The van der Waals surface area contributed by atoms with Gasteiger partial charge in [-0.15, -0.1) is 11.3 Å². The van der Waals surface area contributed by atoms with Gasteiger partial charge < -0.3 is 10.2 Å². The molecule has 0 fully saturated rings. The summed E-state index contributed by atoms with van der Waals surface area (Å²) in [6, 6.07) is 7.41. The zero-order chi connectivity index (χ0) is 19.3. The zero-order valence-corrected chi connectivity index (χ0v) is 15.8. The normalized spacial score (nSPS) is 11.7. The molecule has 2 amide bonds. The van der Waals surface area contributed by atoms with Gasteiger partial charge in [-0.05, 0) is 23.1 Å². The van der Waals surface area contributed by atoms with E-state index in [1.54, 1.807) is 7.05 Å². The van der Waals surface area contributed by atoms with Crippen LogP contribution in [0, 0.1) is 10.1 Å². The zero-order valence-electron chi connectivity index (χ0n) is 14.3. The predicted octanol–water partition coefficient (Wildman–Crippen LogP) is 3.54. The molecular formula is C17H18ClN3O4S. The fourth-order valence-electron chi connectivity index (χ4n) is 2.43. The molecule has 1 aromatic carbocycles. The van der Waals surface area contributed by atoms with Crippen LogP contribution in [0.4, 0.5) is 5.69 Å². The van der Waals surface area contributed by atoms with E-state index >= 15 is 0 Å². The SMILES string of the molecule is CC(=O)NC(CC(=O)N(C)Cc1cc([N+](=O)[O-])ccc1Cl)c1cccs1. The minimum atomic E-state index is -0.509. The number of nitro benzene ring substituents is 1. The van der Waals surface area contributed by atoms with Crippen molar-refractivity contribution in [3.05, 3.63) is 61.3 Å². The minimum Gasteiger partial charge on any atom is -0.348 e. The molecule has 2 rings (SSSR count). The standard InChI is InChI=1S/C17H18ClN3O4S/c1-11(22)19-15(16-4-3-7-26-16)9-17(23)20(2)10-12-8-13(21(24)25)5-6-14(12)18/h3-8,15H,9-10H2,1-2H3,(H,19,22). The summed E-state index contributed by atoms with van der Waals surface area (Å²) in [7, 11) is 1.59. The first-order valence-electron chi connectivity index (χ1n) is 7.75. The number of hydrogen-bond acceptors (Lipinski definition) is 5. The van der Waals surface area contributed by atoms with Gasteiger partial charge in [0.05, 0.1) is 17.4 Å². The lowest BCUT2D eigenvalue weighted by molar-refractivity contribution is -0.384. The molecule has 7 nitrogen and oxygen atoms in total. The van der Waals surface area contributed by atoms with Crippen molar-refractivity contribution >= 4 is 40.4 Å². The van der Waals surface area contributed by atoms with E-state index in [2.05, 4.69) is 5.32 Å². The third-order valence-corrected chi connectivity index (χ3v) is 5.07. The van der Waals surface area contributed by atoms with Gasteiger partial charge >= 0.3 is 0 Å². The van der Waals surface area contributed by atoms with E-state index in [4.69, 9.17) is 11.6 Å². The summed E-state index contributed by atoms with van der Waals surface area (Å²) in [6.45, 7) is 1.54. The van der Waals surface area contributed by atoms with Gasteiger partial charge in [0.2, 0.25) is 11.8 Å². The summed E-state index contributed by atoms with van der Waals surface area (Å²) >= 11 is 7.55. The van der Waals surface area contributed by atoms with Gasteiger partial charge in [0.25, 0.3) is 5.69 Å². The molecule has 2 aromatic rings. The maximum atomic E-state index is 12.6. The molecule has 26 heavy (non-hydrogen) atoms. The van der Waals surface area contributed by atoms with Crippen LogP contribution in [0.3, 0.4) is 0 Å². The monoisotopic (exact) mass is 395 g/mol. The van der Waals surface area contributed by atoms with Gasteiger partial charge in [0.15, 0.2) is 0 Å². The molecule has 0 saturated carbocycles. The summed E-state index contributed by atoms with van der Waals surface area (Å²) in [5, 5.41) is 15.9. The molecule has 0 bridgehead atoms. The van der Waals surface area contributed by atoms with Crippen LogP contribution in [0.5, 0.6) is 0 Å². The van der Waals surface area contributed by atoms with Gasteiger partial charge in [-0.2, -0.15) is 0 Å². The molecule has 0 spiro atoms. The number of nitrogens with zero attached hydrogens (tertiary/aromatic N) is 2. The van der Waals surface area contributed by atoms with Crippen molar-refractivity contribution in [3.63, 3.8) is 0 Å². The summed E-state index contributed by atoms with van der Waals surface area (Å²) in [4.78, 5) is 36.7. The Balaban J connectivity index is 2.10.